The summed E-state index contributed by atoms with van der Waals surface area (Å²) in [6.45, 7) is 16.0. The van der Waals surface area contributed by atoms with Crippen LogP contribution in [-0.4, -0.2) is 238 Å². The van der Waals surface area contributed by atoms with Gasteiger partial charge in [-0.3, -0.25) is 52.7 Å². The minimum atomic E-state index is -1.01. The van der Waals surface area contributed by atoms with Crippen molar-refractivity contribution in [1.29, 1.82) is 0 Å². The highest BCUT2D eigenvalue weighted by atomic mass is 16.5. The average molecular weight is 1650 g/mol. The van der Waals surface area contributed by atoms with E-state index in [1.807, 2.05) is 24.3 Å². The summed E-state index contributed by atoms with van der Waals surface area (Å²) in [5.41, 5.74) is 7.03. The van der Waals surface area contributed by atoms with Gasteiger partial charge >= 0.3 is 0 Å². The molecule has 8 bridgehead atoms. The first-order valence-corrected chi connectivity index (χ1v) is 43.5. The number of hydrogen-bond acceptors (Lipinski definition) is 17. The van der Waals surface area contributed by atoms with E-state index < -0.39 is 119 Å². The lowest BCUT2D eigenvalue weighted by Gasteiger charge is -2.36. The molecule has 6 aromatic rings. The second kappa shape index (κ2) is 38.4. The summed E-state index contributed by atoms with van der Waals surface area (Å²) in [5.74, 6) is -5.33. The number of carbonyl (C=O) groups is 11. The van der Waals surface area contributed by atoms with E-state index in [0.29, 0.717) is 122 Å². The largest absolute Gasteiger partial charge is 0.485 e. The first-order valence-electron chi connectivity index (χ1n) is 43.5. The first kappa shape index (κ1) is 84.4. The number of ether oxygens (including phenoxy) is 1. The molecule has 0 spiro atoms. The van der Waals surface area contributed by atoms with Crippen LogP contribution in [-0.2, 0) is 0 Å². The van der Waals surface area contributed by atoms with Gasteiger partial charge in [0.25, 0.3) is 65.0 Å². The summed E-state index contributed by atoms with van der Waals surface area (Å²) in [7, 11) is 0. The fourth-order valence-corrected chi connectivity index (χ4v) is 18.9. The topological polar surface area (TPSA) is 375 Å². The second-order valence-electron chi connectivity index (χ2n) is 33.1. The molecule has 11 amide bonds. The Morgan fingerprint density at radius 3 is 1.12 bits per heavy atom. The SMILES string of the molecule is CCN(CC)c1ccc2c(c1)OC1CC(=[N+](CC)CC)CCC1=C2c1ccccc1C(=O)N1CC[C@H](NC(=O)c2cc3cc(c2)C(=O)N[C@H]2CCNCC[C@@H]2NC(=O)c2cccc(c2)C(=O)N[C@H]2CCNCC[C@@H]2NC3=O)[C@@H](NC(=O)c2cc3cc(c2)C(=O)N[C@H]2CCNCC[C@@H]2NC(=O)c2cccc(c2)C(=O)N[C@H]2CCNCC[C@@H]2NC3=O)CC1. The third kappa shape index (κ3) is 19.4. The van der Waals surface area contributed by atoms with Crippen molar-refractivity contribution in [2.45, 2.75) is 178 Å². The molecule has 29 nitrogen and oxygen atoms in total. The van der Waals surface area contributed by atoms with Gasteiger partial charge in [0.15, 0.2) is 5.71 Å². The van der Waals surface area contributed by atoms with E-state index in [9.17, 15) is 19.2 Å². The maximum absolute atomic E-state index is 16.1. The van der Waals surface area contributed by atoms with Gasteiger partial charge in [-0.05, 0) is 258 Å². The molecule has 121 heavy (non-hydrogen) atoms. The summed E-state index contributed by atoms with van der Waals surface area (Å²) in [6, 6.07) is 28.2. The van der Waals surface area contributed by atoms with Crippen LogP contribution in [0.25, 0.3) is 5.57 Å². The van der Waals surface area contributed by atoms with Crippen molar-refractivity contribution in [3.8, 4) is 5.75 Å². The van der Waals surface area contributed by atoms with Crippen LogP contribution >= 0.6 is 0 Å². The molecule has 0 radical (unpaired) electrons. The monoisotopic (exact) mass is 1650 g/mol. The van der Waals surface area contributed by atoms with Crippen molar-refractivity contribution < 1.29 is 62.1 Å². The Bertz CT molecular complexity index is 4660. The van der Waals surface area contributed by atoms with Crippen LogP contribution in [0.2, 0.25) is 0 Å². The zero-order valence-corrected chi connectivity index (χ0v) is 69.3. The Morgan fingerprint density at radius 2 is 0.760 bits per heavy atom. The molecule has 14 N–H and O–H groups in total. The maximum Gasteiger partial charge on any atom is 0.254 e. The zero-order valence-electron chi connectivity index (χ0n) is 69.3. The lowest BCUT2D eigenvalue weighted by molar-refractivity contribution is -0.523. The molecule has 9 aliphatic rings. The molecule has 5 saturated heterocycles. The molecule has 8 heterocycles. The highest BCUT2D eigenvalue weighted by Crippen LogP contribution is 2.47. The summed E-state index contributed by atoms with van der Waals surface area (Å²) < 4.78 is 9.49. The predicted octanol–water partition coefficient (Wildman–Crippen LogP) is 5.35. The number of rotatable bonds is 11. The van der Waals surface area contributed by atoms with Gasteiger partial charge in [-0.1, -0.05) is 30.3 Å². The van der Waals surface area contributed by atoms with Gasteiger partial charge in [0.2, 0.25) is 0 Å². The molecule has 1 unspecified atom stereocenters. The molecule has 11 atom stereocenters. The normalized spacial score (nSPS) is 25.1. The minimum absolute atomic E-state index is 0.0427. The average Bonchev–Trinajstić information content (AvgIpc) is 0.767. The highest BCUT2D eigenvalue weighted by molar-refractivity contribution is 6.08. The quantitative estimate of drug-likeness (QED) is 0.0726. The van der Waals surface area contributed by atoms with Crippen LogP contribution in [0, 0.1) is 0 Å². The molecule has 15 rings (SSSR count). The van der Waals surface area contributed by atoms with E-state index in [4.69, 9.17) is 4.74 Å². The Labute approximate surface area is 705 Å². The van der Waals surface area contributed by atoms with Gasteiger partial charge in [-0.15, -0.1) is 0 Å². The number of anilines is 1. The molecule has 636 valence electrons. The van der Waals surface area contributed by atoms with Crippen LogP contribution in [0.5, 0.6) is 5.75 Å². The molecule has 1 saturated carbocycles. The van der Waals surface area contributed by atoms with Crippen molar-refractivity contribution in [1.82, 2.24) is 79.3 Å². The molecule has 6 aromatic carbocycles. The van der Waals surface area contributed by atoms with Gasteiger partial charge in [0.1, 0.15) is 24.9 Å². The van der Waals surface area contributed by atoms with Crippen LogP contribution < -0.4 is 84.1 Å². The van der Waals surface area contributed by atoms with Gasteiger partial charge in [0, 0.05) is 111 Å². The number of likely N-dealkylation sites (tertiary alicyclic amines) is 1. The molecule has 29 heteroatoms. The lowest BCUT2D eigenvalue weighted by atomic mass is 9.79. The summed E-state index contributed by atoms with van der Waals surface area (Å²) in [6.07, 6.45) is 5.24. The fraction of sp³-hybridized carbons (Fsp3) is 0.457. The lowest BCUT2D eigenvalue weighted by Crippen LogP contribution is -2.53. The van der Waals surface area contributed by atoms with Gasteiger partial charge in [-0.2, -0.15) is 0 Å². The van der Waals surface area contributed by atoms with Crippen LogP contribution in [0.1, 0.15) is 236 Å². The number of amides is 11. The number of fused-ring (bicyclic) bond motifs is 14. The van der Waals surface area contributed by atoms with Gasteiger partial charge in [-0.25, -0.2) is 4.58 Å². The van der Waals surface area contributed by atoms with Crippen LogP contribution in [0.3, 0.4) is 0 Å². The van der Waals surface area contributed by atoms with Crippen molar-refractivity contribution in [3.05, 3.63) is 205 Å². The van der Waals surface area contributed by atoms with E-state index in [-0.39, 0.29) is 93.6 Å². The van der Waals surface area contributed by atoms with Gasteiger partial charge in [0.05, 0.1) is 66.8 Å². The Hall–Kier alpha value is -11.7. The van der Waals surface area contributed by atoms with E-state index in [2.05, 4.69) is 130 Å². The smallest absolute Gasteiger partial charge is 0.254 e. The number of nitrogens with zero attached hydrogens (tertiary/aromatic N) is 3. The fourth-order valence-electron chi connectivity index (χ4n) is 18.9. The Balaban J connectivity index is 0.795. The molecular formula is C92H112N17O12+. The molecule has 8 aliphatic heterocycles. The van der Waals surface area contributed by atoms with Crippen LogP contribution in [0.15, 0.2) is 133 Å². The molecule has 0 aromatic heterocycles. The molecule has 1 aliphatic carbocycles. The standard InChI is InChI=1S/C92H111N17O12/c1-5-107(6-2)63-19-21-67-79(51-63)121-80-52-64(108(7-3)8-4)20-22-68(80)81(67)65-17-9-10-18-66(65)92(120)109-41-31-77(105-90(118)61-47-57-45-58(48-61)87(115)102-74-28-38-94-34-24-70(74)98-83(111)54-14-11-13-53(43-54)82(110)97-69-23-33-93-37-27-73(69)101-86(57)114)78(32-42-109)106-91(119)62-49-59-46-60(50-62)89(117)104-76-30-40-96-36-26-72(76)100-85(113)56-16-12-15-55(44-56)84(112)99-71-25-35-95-39-29-75(71)103-88(59)116/h9-19,21,43-51,69-78,80,93-96H,5-8,20,22-42,52H2,1-4H3,(H9-,97,98,99,100,101,102,103,104,105,106,110,111,112,113,114,115,116,117,118,119)/p+1/t69-,70-,71-,72-,73-,74-,75-,76-,77-,78-,80?/m0/s1. The summed E-state index contributed by atoms with van der Waals surface area (Å²) in [4.78, 5) is 169. The second-order valence-corrected chi connectivity index (χ2v) is 33.1. The number of benzene rings is 6. The number of hydrogen-bond donors (Lipinski definition) is 14. The highest BCUT2D eigenvalue weighted by Gasteiger charge is 2.41. The first-order chi connectivity index (χ1) is 58.8. The predicted molar refractivity (Wildman–Crippen MR) is 459 cm³/mol. The van der Waals surface area contributed by atoms with E-state index in [1.165, 1.54) is 54.2 Å². The summed E-state index contributed by atoms with van der Waals surface area (Å²) in [5, 5.41) is 45.0. The van der Waals surface area contributed by atoms with Gasteiger partial charge < -0.3 is 89.0 Å². The molecule has 6 fully saturated rings. The van der Waals surface area contributed by atoms with Crippen molar-refractivity contribution in [2.75, 3.05) is 96.5 Å². The van der Waals surface area contributed by atoms with Crippen molar-refractivity contribution in [3.63, 3.8) is 0 Å². The number of carbonyl (C=O) groups excluding carboxylic acids is 11. The third-order valence-electron chi connectivity index (χ3n) is 25.7. The van der Waals surface area contributed by atoms with Crippen LogP contribution in [0.4, 0.5) is 5.69 Å². The van der Waals surface area contributed by atoms with Crippen molar-refractivity contribution >= 4 is 82.0 Å². The zero-order chi connectivity index (χ0) is 84.4. The Kier molecular flexibility index (Phi) is 26.8. The number of nitrogens with one attached hydrogen (secondary N) is 14. The van der Waals surface area contributed by atoms with E-state index >= 15 is 33.6 Å². The Morgan fingerprint density at radius 1 is 0.405 bits per heavy atom. The third-order valence-corrected chi connectivity index (χ3v) is 25.7. The minimum Gasteiger partial charge on any atom is -0.485 e. The van der Waals surface area contributed by atoms with Crippen molar-refractivity contribution in [2.24, 2.45) is 0 Å². The van der Waals surface area contributed by atoms with E-state index in [0.717, 1.165) is 66.3 Å². The molecular weight excluding hydrogens is 1540 g/mol. The summed E-state index contributed by atoms with van der Waals surface area (Å²) >= 11 is 0. The van der Waals surface area contributed by atoms with E-state index in [1.54, 1.807) is 41.3 Å². The maximum atomic E-state index is 16.1.